The smallest absolute Gasteiger partial charge is 0.335 e. The van der Waals surface area contributed by atoms with E-state index in [0.717, 1.165) is 12.7 Å². The molecule has 1 N–H and O–H groups in total. The lowest BCUT2D eigenvalue weighted by molar-refractivity contribution is -0.163. The highest BCUT2D eigenvalue weighted by Crippen LogP contribution is 2.18. The van der Waals surface area contributed by atoms with Crippen molar-refractivity contribution in [3.05, 3.63) is 29.8 Å². The fourth-order valence-corrected chi connectivity index (χ4v) is 1.78. The second-order valence-electron chi connectivity index (χ2n) is 4.15. The third-order valence-corrected chi connectivity index (χ3v) is 2.94. The molecule has 0 amide bonds. The Morgan fingerprint density at radius 3 is 2.05 bits per heavy atom. The summed E-state index contributed by atoms with van der Waals surface area (Å²) >= 11 is 0. The zero-order chi connectivity index (χ0) is 15.1. The Morgan fingerprint density at radius 2 is 1.60 bits per heavy atom. The number of hydrogen-bond acceptors (Lipinski definition) is 6. The van der Waals surface area contributed by atoms with Gasteiger partial charge in [0, 0.05) is 0 Å². The minimum Gasteiger partial charge on any atom is -0.497 e. The van der Waals surface area contributed by atoms with Crippen LogP contribution in [0.4, 0.5) is 0 Å². The van der Waals surface area contributed by atoms with Gasteiger partial charge in [-0.05, 0) is 24.1 Å². The first-order valence-electron chi connectivity index (χ1n) is 6.00. The topological polar surface area (TPSA) is 82.1 Å². The molecule has 0 bridgehead atoms. The molecule has 0 spiro atoms. The van der Waals surface area contributed by atoms with Crippen LogP contribution in [0.5, 0.6) is 5.75 Å². The van der Waals surface area contributed by atoms with Crippen molar-refractivity contribution in [3.8, 4) is 5.75 Å². The summed E-state index contributed by atoms with van der Waals surface area (Å²) in [6.45, 7) is 0. The van der Waals surface area contributed by atoms with Crippen LogP contribution < -0.4 is 4.74 Å². The number of benzene rings is 1. The van der Waals surface area contributed by atoms with E-state index in [0.29, 0.717) is 5.75 Å². The normalized spacial score (nSPS) is 13.2. The number of aliphatic hydroxyl groups is 1. The predicted octanol–water partition coefficient (Wildman–Crippen LogP) is 0.561. The highest BCUT2D eigenvalue weighted by molar-refractivity contribution is 5.83. The third kappa shape index (κ3) is 3.96. The van der Waals surface area contributed by atoms with Crippen molar-refractivity contribution in [3.63, 3.8) is 0 Å². The molecule has 0 aliphatic rings. The lowest BCUT2D eigenvalue weighted by Crippen LogP contribution is -2.37. The van der Waals surface area contributed by atoms with Crippen molar-refractivity contribution in [2.75, 3.05) is 21.3 Å². The van der Waals surface area contributed by atoms with Gasteiger partial charge in [-0.25, -0.2) is 4.79 Å². The molecule has 110 valence electrons. The number of ether oxygens (including phenoxy) is 3. The van der Waals surface area contributed by atoms with E-state index in [2.05, 4.69) is 9.47 Å². The van der Waals surface area contributed by atoms with Crippen LogP contribution in [0.2, 0.25) is 0 Å². The predicted molar refractivity (Wildman–Crippen MR) is 70.2 cm³/mol. The molecule has 20 heavy (non-hydrogen) atoms. The van der Waals surface area contributed by atoms with E-state index in [-0.39, 0.29) is 6.42 Å². The van der Waals surface area contributed by atoms with Gasteiger partial charge >= 0.3 is 11.9 Å². The van der Waals surface area contributed by atoms with Crippen molar-refractivity contribution in [1.29, 1.82) is 0 Å². The Balaban J connectivity index is 2.88. The molecule has 2 unspecified atom stereocenters. The van der Waals surface area contributed by atoms with Crippen molar-refractivity contribution < 1.29 is 28.9 Å². The van der Waals surface area contributed by atoms with Gasteiger partial charge in [-0.3, -0.25) is 4.79 Å². The first-order valence-corrected chi connectivity index (χ1v) is 6.00. The fourth-order valence-electron chi connectivity index (χ4n) is 1.78. The molecule has 1 aromatic rings. The molecule has 1 aromatic carbocycles. The molecule has 0 heterocycles. The molecular formula is C14H18O6. The summed E-state index contributed by atoms with van der Waals surface area (Å²) in [6, 6.07) is 6.96. The van der Waals surface area contributed by atoms with Gasteiger partial charge in [0.05, 0.1) is 27.2 Å². The minimum atomic E-state index is -1.56. The van der Waals surface area contributed by atoms with Gasteiger partial charge in [0.2, 0.25) is 0 Å². The molecule has 2 atom stereocenters. The van der Waals surface area contributed by atoms with Crippen molar-refractivity contribution in [2.24, 2.45) is 5.92 Å². The van der Waals surface area contributed by atoms with Crippen LogP contribution in [-0.4, -0.2) is 44.5 Å². The first-order chi connectivity index (χ1) is 9.53. The van der Waals surface area contributed by atoms with E-state index < -0.39 is 24.0 Å². The molecule has 1 rings (SSSR count). The SMILES string of the molecule is COC(=O)C(O)C(Cc1ccc(OC)cc1)C(=O)OC. The number of aliphatic hydroxyl groups excluding tert-OH is 1. The van der Waals surface area contributed by atoms with Crippen LogP contribution in [0.25, 0.3) is 0 Å². The molecule has 6 heteroatoms. The lowest BCUT2D eigenvalue weighted by atomic mass is 9.94. The standard InChI is InChI=1S/C14H18O6/c1-18-10-6-4-9(5-7-10)8-11(13(16)19-2)12(15)14(17)20-3/h4-7,11-12,15H,8H2,1-3H3. The van der Waals surface area contributed by atoms with Crippen LogP contribution in [0.15, 0.2) is 24.3 Å². The molecule has 6 nitrogen and oxygen atoms in total. The molecular weight excluding hydrogens is 264 g/mol. The van der Waals surface area contributed by atoms with Gasteiger partial charge in [0.25, 0.3) is 0 Å². The Hall–Kier alpha value is -2.08. The van der Waals surface area contributed by atoms with E-state index in [1.807, 2.05) is 0 Å². The Bertz CT molecular complexity index is 453. The van der Waals surface area contributed by atoms with E-state index in [1.54, 1.807) is 31.4 Å². The largest absolute Gasteiger partial charge is 0.497 e. The van der Waals surface area contributed by atoms with Crippen LogP contribution in [0.1, 0.15) is 5.56 Å². The quantitative estimate of drug-likeness (QED) is 0.768. The summed E-state index contributed by atoms with van der Waals surface area (Å²) in [5.74, 6) is -1.87. The molecule has 0 aromatic heterocycles. The van der Waals surface area contributed by atoms with Crippen molar-refractivity contribution >= 4 is 11.9 Å². The monoisotopic (exact) mass is 282 g/mol. The maximum absolute atomic E-state index is 11.7. The summed E-state index contributed by atoms with van der Waals surface area (Å²) in [7, 11) is 3.90. The lowest BCUT2D eigenvalue weighted by Gasteiger charge is -2.19. The fraction of sp³-hybridized carbons (Fsp3) is 0.429. The number of hydrogen-bond donors (Lipinski definition) is 1. The number of rotatable bonds is 6. The second kappa shape index (κ2) is 7.49. The zero-order valence-corrected chi connectivity index (χ0v) is 11.7. The van der Waals surface area contributed by atoms with Gasteiger partial charge in [-0.15, -0.1) is 0 Å². The summed E-state index contributed by atoms with van der Waals surface area (Å²) < 4.78 is 14.1. The van der Waals surface area contributed by atoms with Gasteiger partial charge < -0.3 is 19.3 Å². The molecule has 0 fully saturated rings. The highest BCUT2D eigenvalue weighted by Gasteiger charge is 2.33. The van der Waals surface area contributed by atoms with Crippen LogP contribution in [0.3, 0.4) is 0 Å². The van der Waals surface area contributed by atoms with Gasteiger partial charge in [0.15, 0.2) is 6.10 Å². The van der Waals surface area contributed by atoms with E-state index in [4.69, 9.17) is 4.74 Å². The second-order valence-corrected chi connectivity index (χ2v) is 4.15. The Kier molecular flexibility index (Phi) is 5.99. The van der Waals surface area contributed by atoms with Gasteiger partial charge in [-0.2, -0.15) is 0 Å². The Morgan fingerprint density at radius 1 is 1.05 bits per heavy atom. The van der Waals surface area contributed by atoms with E-state index in [9.17, 15) is 14.7 Å². The molecule has 0 aliphatic carbocycles. The summed E-state index contributed by atoms with van der Waals surface area (Å²) in [4.78, 5) is 23.1. The zero-order valence-electron chi connectivity index (χ0n) is 11.7. The molecule has 0 saturated carbocycles. The maximum atomic E-state index is 11.7. The molecule has 0 radical (unpaired) electrons. The average Bonchev–Trinajstić information content (AvgIpc) is 2.50. The van der Waals surface area contributed by atoms with Crippen molar-refractivity contribution in [2.45, 2.75) is 12.5 Å². The Labute approximate surface area is 117 Å². The van der Waals surface area contributed by atoms with Crippen LogP contribution >= 0.6 is 0 Å². The number of carbonyl (C=O) groups excluding carboxylic acids is 2. The minimum absolute atomic E-state index is 0.160. The first kappa shape index (κ1) is 16.0. The van der Waals surface area contributed by atoms with Crippen LogP contribution in [0, 0.1) is 5.92 Å². The molecule has 0 aliphatic heterocycles. The number of carbonyl (C=O) groups is 2. The summed E-state index contributed by atoms with van der Waals surface area (Å²) in [5.41, 5.74) is 0.768. The third-order valence-electron chi connectivity index (χ3n) is 2.94. The number of methoxy groups -OCH3 is 3. The number of esters is 2. The van der Waals surface area contributed by atoms with E-state index in [1.165, 1.54) is 7.11 Å². The van der Waals surface area contributed by atoms with Gasteiger partial charge in [-0.1, -0.05) is 12.1 Å². The highest BCUT2D eigenvalue weighted by atomic mass is 16.5. The van der Waals surface area contributed by atoms with E-state index >= 15 is 0 Å². The average molecular weight is 282 g/mol. The summed E-state index contributed by atoms with van der Waals surface area (Å²) in [6.07, 6.45) is -1.40. The van der Waals surface area contributed by atoms with Crippen LogP contribution in [-0.2, 0) is 25.5 Å². The maximum Gasteiger partial charge on any atom is 0.335 e. The molecule has 0 saturated heterocycles. The van der Waals surface area contributed by atoms with Gasteiger partial charge in [0.1, 0.15) is 5.75 Å². The summed E-state index contributed by atoms with van der Waals surface area (Å²) in [5, 5.41) is 9.84. The van der Waals surface area contributed by atoms with Crippen molar-refractivity contribution in [1.82, 2.24) is 0 Å².